The molecular weight excluding hydrogens is 653 g/mol. The molecule has 6 heteroatoms. The van der Waals surface area contributed by atoms with E-state index in [2.05, 4.69) is 85.8 Å². The number of aromatic nitrogens is 3. The van der Waals surface area contributed by atoms with E-state index in [9.17, 15) is 5.11 Å². The second kappa shape index (κ2) is 10.2. The van der Waals surface area contributed by atoms with Crippen molar-refractivity contribution in [1.29, 1.82) is 0 Å². The molecule has 0 spiro atoms. The number of hydrogen-bond acceptors (Lipinski definition) is 4. The first-order valence-electron chi connectivity index (χ1n) is 12.6. The molecule has 0 aliphatic heterocycles. The molecule has 0 fully saturated rings. The number of ether oxygens (including phenoxy) is 1. The molecule has 0 unspecified atom stereocenters. The Balaban J connectivity index is 0.00000294. The van der Waals surface area contributed by atoms with E-state index in [0.717, 1.165) is 33.0 Å². The van der Waals surface area contributed by atoms with Gasteiger partial charge in [-0.05, 0) is 53.1 Å². The van der Waals surface area contributed by atoms with Gasteiger partial charge in [0.2, 0.25) is 5.88 Å². The molecule has 5 nitrogen and oxygen atoms in total. The maximum Gasteiger partial charge on any atom is 0.217 e. The van der Waals surface area contributed by atoms with Gasteiger partial charge >= 0.3 is 0 Å². The quantitative estimate of drug-likeness (QED) is 0.186. The van der Waals surface area contributed by atoms with Crippen molar-refractivity contribution in [2.24, 2.45) is 0 Å². The van der Waals surface area contributed by atoms with E-state index in [1.807, 2.05) is 24.4 Å². The zero-order valence-electron chi connectivity index (χ0n) is 21.7. The summed E-state index contributed by atoms with van der Waals surface area (Å²) in [5.41, 5.74) is 4.90. The van der Waals surface area contributed by atoms with E-state index in [1.165, 1.54) is 11.1 Å². The third-order valence-corrected chi connectivity index (χ3v) is 6.87. The molecule has 3 heterocycles. The normalized spacial score (nSPS) is 11.5. The first-order chi connectivity index (χ1) is 17.9. The van der Waals surface area contributed by atoms with E-state index < -0.39 is 0 Å². The molecule has 0 radical (unpaired) electrons. The first-order valence-corrected chi connectivity index (χ1v) is 12.6. The van der Waals surface area contributed by atoms with Crippen molar-refractivity contribution in [2.75, 3.05) is 0 Å². The molecule has 6 rings (SSSR count). The number of phenols is 1. The third-order valence-electron chi connectivity index (χ3n) is 6.87. The summed E-state index contributed by atoms with van der Waals surface area (Å²) in [7, 11) is 0. The minimum Gasteiger partial charge on any atom is -0.506 e. The predicted molar refractivity (Wildman–Crippen MR) is 149 cm³/mol. The average Bonchev–Trinajstić information content (AvgIpc) is 3.23. The van der Waals surface area contributed by atoms with Crippen LogP contribution < -0.4 is 4.74 Å². The molecule has 1 N–H and O–H groups in total. The Kier molecular flexibility index (Phi) is 6.98. The van der Waals surface area contributed by atoms with E-state index in [0.29, 0.717) is 23.1 Å². The van der Waals surface area contributed by atoms with E-state index >= 15 is 0 Å². The van der Waals surface area contributed by atoms with Crippen LogP contribution in [0.15, 0.2) is 79.0 Å². The number of hydrogen-bond donors (Lipinski definition) is 1. The van der Waals surface area contributed by atoms with Crippen LogP contribution in [0.3, 0.4) is 0 Å². The Hall–Kier alpha value is -3.69. The van der Waals surface area contributed by atoms with Crippen LogP contribution in [0.25, 0.3) is 38.5 Å². The predicted octanol–water partition coefficient (Wildman–Crippen LogP) is 8.27. The number of rotatable bonds is 5. The van der Waals surface area contributed by atoms with Crippen LogP contribution in [0.4, 0.5) is 0 Å². The van der Waals surface area contributed by atoms with Crippen molar-refractivity contribution >= 4 is 32.7 Å². The number of nitrogens with zero attached hydrogens (tertiary/aromatic N) is 3. The van der Waals surface area contributed by atoms with Crippen LogP contribution in [-0.2, 0) is 21.1 Å². The van der Waals surface area contributed by atoms with Crippen molar-refractivity contribution in [3.05, 3.63) is 96.2 Å². The van der Waals surface area contributed by atoms with Crippen molar-refractivity contribution in [1.82, 2.24) is 14.5 Å². The van der Waals surface area contributed by atoms with Crippen molar-refractivity contribution in [3.63, 3.8) is 0 Å². The molecule has 194 valence electrons. The molecule has 6 aromatic rings. The van der Waals surface area contributed by atoms with Gasteiger partial charge in [-0.25, -0.2) is 9.97 Å². The van der Waals surface area contributed by atoms with Crippen LogP contribution >= 0.6 is 0 Å². The zero-order chi connectivity index (χ0) is 25.7. The first kappa shape index (κ1) is 25.9. The molecule has 0 atom stereocenters. The maximum absolute atomic E-state index is 10.3. The summed E-state index contributed by atoms with van der Waals surface area (Å²) < 4.78 is 8.45. The molecule has 3 aromatic heterocycles. The number of phenolic OH excluding ortho intramolecular Hbond substituents is 1. The van der Waals surface area contributed by atoms with Gasteiger partial charge in [0.15, 0.2) is 0 Å². The van der Waals surface area contributed by atoms with Gasteiger partial charge in [0.25, 0.3) is 0 Å². The van der Waals surface area contributed by atoms with Crippen molar-refractivity contribution in [2.45, 2.75) is 39.5 Å². The summed E-state index contributed by atoms with van der Waals surface area (Å²) >= 11 is 0. The maximum atomic E-state index is 10.3. The summed E-state index contributed by atoms with van der Waals surface area (Å²) in [5.74, 6) is 2.60. The summed E-state index contributed by atoms with van der Waals surface area (Å²) in [6, 6.07) is 27.3. The van der Waals surface area contributed by atoms with E-state index in [-0.39, 0.29) is 32.7 Å². The van der Waals surface area contributed by atoms with Crippen molar-refractivity contribution in [3.8, 4) is 23.2 Å². The van der Waals surface area contributed by atoms with Gasteiger partial charge in [-0.1, -0.05) is 68.9 Å². The van der Waals surface area contributed by atoms with Crippen LogP contribution in [0.2, 0.25) is 0 Å². The minimum absolute atomic E-state index is 0. The fourth-order valence-electron chi connectivity index (χ4n) is 4.96. The Labute approximate surface area is 236 Å². The Morgan fingerprint density at radius 3 is 2.50 bits per heavy atom. The van der Waals surface area contributed by atoms with Crippen LogP contribution in [-0.4, -0.2) is 19.6 Å². The van der Waals surface area contributed by atoms with Gasteiger partial charge in [-0.15, -0.1) is 17.7 Å². The van der Waals surface area contributed by atoms with Crippen LogP contribution in [0.5, 0.6) is 17.4 Å². The fraction of sp³-hybridized carbons (Fsp3) is 0.188. The van der Waals surface area contributed by atoms with Gasteiger partial charge in [0.05, 0.1) is 0 Å². The summed E-state index contributed by atoms with van der Waals surface area (Å²) in [6.45, 7) is 8.76. The fourth-order valence-corrected chi connectivity index (χ4v) is 4.96. The molecule has 0 saturated carbocycles. The summed E-state index contributed by atoms with van der Waals surface area (Å²) in [6.07, 6.45) is 1.88. The minimum atomic E-state index is 0. The van der Waals surface area contributed by atoms with Gasteiger partial charge in [0, 0.05) is 50.0 Å². The van der Waals surface area contributed by atoms with Gasteiger partial charge in [0.1, 0.15) is 17.1 Å². The number of para-hydroxylation sites is 2. The summed E-state index contributed by atoms with van der Waals surface area (Å²) in [4.78, 5) is 9.33. The number of benzene rings is 3. The largest absolute Gasteiger partial charge is 0.506 e. The molecule has 0 aliphatic carbocycles. The van der Waals surface area contributed by atoms with Crippen LogP contribution in [0.1, 0.15) is 50.7 Å². The van der Waals surface area contributed by atoms with Crippen molar-refractivity contribution < 1.29 is 30.9 Å². The topological polar surface area (TPSA) is 60.2 Å². The van der Waals surface area contributed by atoms with E-state index in [1.54, 1.807) is 12.1 Å². The Morgan fingerprint density at radius 1 is 0.895 bits per heavy atom. The third kappa shape index (κ3) is 4.46. The van der Waals surface area contributed by atoms with E-state index in [4.69, 9.17) is 9.72 Å². The Bertz CT molecular complexity index is 1790. The summed E-state index contributed by atoms with van der Waals surface area (Å²) in [5, 5.41) is 13.5. The number of fused-ring (bicyclic) bond motifs is 4. The van der Waals surface area contributed by atoms with Gasteiger partial charge in [-0.2, -0.15) is 0 Å². The molecule has 38 heavy (non-hydrogen) atoms. The second-order valence-corrected chi connectivity index (χ2v) is 10.0. The monoisotopic (exact) mass is 681 g/mol. The molecule has 0 amide bonds. The molecule has 0 saturated heterocycles. The molecule has 0 bridgehead atoms. The smallest absolute Gasteiger partial charge is 0.217 e. The average molecular weight is 682 g/mol. The van der Waals surface area contributed by atoms with Gasteiger partial charge < -0.3 is 14.4 Å². The SMILES string of the molecule is CC(C)c1ccnc(-n2c3[c-]c(Oc4ccc5cccc(O)c5n4)cc(C(C)C)c3c3ccccc32)c1.[Pt]. The zero-order valence-corrected chi connectivity index (χ0v) is 23.9. The Morgan fingerprint density at radius 2 is 1.71 bits per heavy atom. The molecule has 0 aliphatic rings. The standard InChI is InChI=1S/C32H28N3O2.Pt/c1-19(2)22-14-15-33-29(16-22)35-26-10-6-5-9-24(26)31-25(20(3)4)17-23(18-27(31)35)37-30-13-12-21-8-7-11-28(36)32(21)34-30;/h5-17,19-20,36H,1-4H3;/q-1;. The molecule has 3 aromatic carbocycles. The molecular formula is C32H28N3O2Pt-. The second-order valence-electron chi connectivity index (χ2n) is 10.0. The number of pyridine rings is 2. The van der Waals surface area contributed by atoms with Crippen LogP contribution in [0, 0.1) is 6.07 Å². The van der Waals surface area contributed by atoms with Gasteiger partial charge in [-0.3, -0.25) is 0 Å². The number of aromatic hydroxyl groups is 1.